The van der Waals surface area contributed by atoms with E-state index in [1.807, 2.05) is 6.92 Å². The van der Waals surface area contributed by atoms with Gasteiger partial charge >= 0.3 is 12.1 Å². The summed E-state index contributed by atoms with van der Waals surface area (Å²) in [5.74, 6) is -0.137. The van der Waals surface area contributed by atoms with Gasteiger partial charge < -0.3 is 14.2 Å². The van der Waals surface area contributed by atoms with E-state index in [2.05, 4.69) is 6.92 Å². The largest absolute Gasteiger partial charge is 0.514 e. The molecule has 0 N–H and O–H groups in total. The summed E-state index contributed by atoms with van der Waals surface area (Å²) in [6.45, 7) is 4.59. The molecule has 0 aliphatic carbocycles. The fourth-order valence-corrected chi connectivity index (χ4v) is 2.99. The van der Waals surface area contributed by atoms with Gasteiger partial charge in [-0.3, -0.25) is 14.9 Å². The number of benzene rings is 1. The molecule has 8 nitrogen and oxygen atoms in total. The molecule has 1 aromatic carbocycles. The van der Waals surface area contributed by atoms with Crippen LogP contribution in [0.25, 0.3) is 0 Å². The summed E-state index contributed by atoms with van der Waals surface area (Å²) >= 11 is 0. The first-order valence-electron chi connectivity index (χ1n) is 11.2. The molecule has 0 spiro atoms. The fraction of sp³-hybridized carbons (Fsp3) is 0.652. The Kier molecular flexibility index (Phi) is 17.0. The maximum atomic E-state index is 12.2. The summed E-state index contributed by atoms with van der Waals surface area (Å²) in [5.41, 5.74) is -0.0942. The topological polar surface area (TPSA) is 105 Å². The number of nitrogens with zero attached hydrogens (tertiary/aromatic N) is 1. The lowest BCUT2D eigenvalue weighted by Gasteiger charge is -2.17. The van der Waals surface area contributed by atoms with Crippen LogP contribution in [-0.4, -0.2) is 29.8 Å². The molecule has 1 rings (SSSR count). The minimum absolute atomic E-state index is 0. The summed E-state index contributed by atoms with van der Waals surface area (Å²) in [7, 11) is 0. The molecule has 0 heterocycles. The second kappa shape index (κ2) is 18.3. The Morgan fingerprint density at radius 2 is 1.56 bits per heavy atom. The van der Waals surface area contributed by atoms with Crippen molar-refractivity contribution in [2.75, 3.05) is 6.61 Å². The van der Waals surface area contributed by atoms with Crippen molar-refractivity contribution in [2.45, 2.75) is 90.6 Å². The highest BCUT2D eigenvalue weighted by Crippen LogP contribution is 2.20. The Hall–Kier alpha value is -2.29. The lowest BCUT2D eigenvalue weighted by atomic mass is 10.0. The van der Waals surface area contributed by atoms with E-state index in [0.29, 0.717) is 19.4 Å². The molecule has 0 amide bonds. The number of ether oxygens (including phenoxy) is 3. The third-order valence-electron chi connectivity index (χ3n) is 4.82. The quantitative estimate of drug-likeness (QED) is 0.0894. The second-order valence-corrected chi connectivity index (χ2v) is 7.51. The number of carbonyl (C=O) groups is 2. The third kappa shape index (κ3) is 13.9. The van der Waals surface area contributed by atoms with Gasteiger partial charge in [0.05, 0.1) is 11.5 Å². The van der Waals surface area contributed by atoms with E-state index in [1.165, 1.54) is 43.5 Å². The summed E-state index contributed by atoms with van der Waals surface area (Å²) < 4.78 is 15.7. The average Bonchev–Trinajstić information content (AvgIpc) is 2.74. The summed E-state index contributed by atoms with van der Waals surface area (Å²) in [6.07, 6.45) is 8.28. The van der Waals surface area contributed by atoms with Gasteiger partial charge in [0, 0.05) is 18.6 Å². The molecule has 0 radical (unpaired) electrons. The molecule has 0 fully saturated rings. The van der Waals surface area contributed by atoms with Crippen LogP contribution in [0.2, 0.25) is 0 Å². The van der Waals surface area contributed by atoms with Crippen LogP contribution in [-0.2, 0) is 14.3 Å². The van der Waals surface area contributed by atoms with Crippen LogP contribution in [0.4, 0.5) is 10.5 Å². The van der Waals surface area contributed by atoms with Crippen molar-refractivity contribution in [1.29, 1.82) is 0 Å². The Morgan fingerprint density at radius 1 is 0.938 bits per heavy atom. The van der Waals surface area contributed by atoms with Crippen molar-refractivity contribution in [3.63, 3.8) is 0 Å². The van der Waals surface area contributed by atoms with Gasteiger partial charge in [0.2, 0.25) is 0 Å². The molecule has 0 saturated heterocycles. The van der Waals surface area contributed by atoms with Crippen LogP contribution >= 0.6 is 13.5 Å². The van der Waals surface area contributed by atoms with Gasteiger partial charge in [-0.1, -0.05) is 52.4 Å². The van der Waals surface area contributed by atoms with Crippen LogP contribution in [0.1, 0.15) is 84.5 Å². The molecule has 9 heteroatoms. The predicted octanol–water partition coefficient (Wildman–Crippen LogP) is 6.47. The minimum Gasteiger partial charge on any atom is -0.466 e. The Labute approximate surface area is 197 Å². The number of hydrogen-bond acceptors (Lipinski definition) is 7. The number of rotatable bonds is 16. The van der Waals surface area contributed by atoms with Crippen molar-refractivity contribution in [3.05, 3.63) is 34.4 Å². The average molecular weight is 472 g/mol. The smallest absolute Gasteiger partial charge is 0.466 e. The summed E-state index contributed by atoms with van der Waals surface area (Å²) in [5, 5.41) is 10.7. The van der Waals surface area contributed by atoms with Crippen LogP contribution in [0.3, 0.4) is 0 Å². The summed E-state index contributed by atoms with van der Waals surface area (Å²) in [4.78, 5) is 34.2. The van der Waals surface area contributed by atoms with Gasteiger partial charge in [0.25, 0.3) is 5.69 Å². The minimum atomic E-state index is -0.885. The van der Waals surface area contributed by atoms with Gasteiger partial charge in [0.1, 0.15) is 11.9 Å². The van der Waals surface area contributed by atoms with Gasteiger partial charge in [0.15, 0.2) is 0 Å². The van der Waals surface area contributed by atoms with E-state index >= 15 is 0 Å². The summed E-state index contributed by atoms with van der Waals surface area (Å²) in [6, 6.07) is 5.19. The highest BCUT2D eigenvalue weighted by Gasteiger charge is 2.18. The van der Waals surface area contributed by atoms with E-state index in [1.54, 1.807) is 0 Å². The van der Waals surface area contributed by atoms with Crippen LogP contribution in [0.15, 0.2) is 24.3 Å². The van der Waals surface area contributed by atoms with E-state index in [4.69, 9.17) is 14.2 Å². The molecule has 32 heavy (non-hydrogen) atoms. The first-order valence-corrected chi connectivity index (χ1v) is 11.2. The maximum Gasteiger partial charge on any atom is 0.514 e. The molecule has 0 aromatic heterocycles. The number of nitro groups is 1. The van der Waals surface area contributed by atoms with E-state index < -0.39 is 17.2 Å². The molecular formula is C23H37NO7S. The fourth-order valence-electron chi connectivity index (χ4n) is 2.99. The molecule has 0 unspecified atom stereocenters. The second-order valence-electron chi connectivity index (χ2n) is 7.51. The first kappa shape index (κ1) is 29.7. The lowest BCUT2D eigenvalue weighted by Crippen LogP contribution is -2.22. The Balaban J connectivity index is 0.00000961. The van der Waals surface area contributed by atoms with Crippen LogP contribution in [0, 0.1) is 10.1 Å². The number of esters is 1. The molecular weight excluding hydrogens is 434 g/mol. The zero-order chi connectivity index (χ0) is 22.9. The van der Waals surface area contributed by atoms with Crippen molar-refractivity contribution in [1.82, 2.24) is 0 Å². The maximum absolute atomic E-state index is 12.2. The highest BCUT2D eigenvalue weighted by molar-refractivity contribution is 7.59. The molecule has 1 atom stereocenters. The standard InChI is InChI=1S/C23H35NO7.H2S/c1-3-5-7-8-9-10-11-20(16-17-22(25)29-18-6-4-2)30-23(26)31-21-14-12-19(13-15-21)24(27)28;/h12-15,20H,3-11,16-18H2,1-2H3;1H2/t20-;/m0./s1. The van der Waals surface area contributed by atoms with E-state index in [-0.39, 0.29) is 37.3 Å². The predicted molar refractivity (Wildman–Crippen MR) is 127 cm³/mol. The number of hydrogen-bond donors (Lipinski definition) is 0. The van der Waals surface area contributed by atoms with Gasteiger partial charge in [-0.2, -0.15) is 13.5 Å². The Morgan fingerprint density at radius 3 is 2.19 bits per heavy atom. The van der Waals surface area contributed by atoms with Gasteiger partial charge in [-0.05, 0) is 37.8 Å². The van der Waals surface area contributed by atoms with Crippen molar-refractivity contribution in [3.8, 4) is 5.75 Å². The number of non-ortho nitro benzene ring substituents is 1. The zero-order valence-corrected chi connectivity index (χ0v) is 20.2. The van der Waals surface area contributed by atoms with Crippen LogP contribution < -0.4 is 4.74 Å². The molecule has 1 aromatic rings. The zero-order valence-electron chi connectivity index (χ0n) is 19.2. The lowest BCUT2D eigenvalue weighted by molar-refractivity contribution is -0.384. The van der Waals surface area contributed by atoms with Crippen molar-refractivity contribution < 1.29 is 28.7 Å². The molecule has 0 bridgehead atoms. The third-order valence-corrected chi connectivity index (χ3v) is 4.82. The van der Waals surface area contributed by atoms with Gasteiger partial charge in [-0.15, -0.1) is 0 Å². The van der Waals surface area contributed by atoms with E-state index in [0.717, 1.165) is 32.1 Å². The van der Waals surface area contributed by atoms with E-state index in [9.17, 15) is 19.7 Å². The number of carbonyl (C=O) groups excluding carboxylic acids is 2. The molecule has 0 aliphatic rings. The number of unbranched alkanes of at least 4 members (excludes halogenated alkanes) is 6. The monoisotopic (exact) mass is 471 g/mol. The van der Waals surface area contributed by atoms with Crippen molar-refractivity contribution >= 4 is 31.3 Å². The Bertz CT molecular complexity index is 667. The van der Waals surface area contributed by atoms with Gasteiger partial charge in [-0.25, -0.2) is 4.79 Å². The van der Waals surface area contributed by atoms with Crippen molar-refractivity contribution in [2.24, 2.45) is 0 Å². The number of nitro benzene ring substituents is 1. The first-order chi connectivity index (χ1) is 15.0. The normalized spacial score (nSPS) is 11.2. The molecule has 0 aliphatic heterocycles. The highest BCUT2D eigenvalue weighted by atomic mass is 32.1. The molecule has 182 valence electrons. The SMILES string of the molecule is CCCCCCCC[C@@H](CCC(=O)OCCCC)OC(=O)Oc1ccc([N+](=O)[O-])cc1.S. The molecule has 0 saturated carbocycles. The van der Waals surface area contributed by atoms with Crippen LogP contribution in [0.5, 0.6) is 5.75 Å².